The molecule has 0 spiro atoms. The van der Waals surface area contributed by atoms with E-state index in [0.29, 0.717) is 12.1 Å². The minimum absolute atomic E-state index is 0.505. The highest BCUT2D eigenvalue weighted by molar-refractivity contribution is 5.78. The van der Waals surface area contributed by atoms with Gasteiger partial charge in [-0.1, -0.05) is 12.8 Å². The van der Waals surface area contributed by atoms with Crippen LogP contribution in [0.5, 0.6) is 0 Å². The summed E-state index contributed by atoms with van der Waals surface area (Å²) >= 11 is 0. The number of aliphatic imine (C=N–C) groups is 1. The predicted molar refractivity (Wildman–Crippen MR) is 71.7 cm³/mol. The normalized spacial score (nSPS) is 22.7. The van der Waals surface area contributed by atoms with Gasteiger partial charge in [-0.15, -0.1) is 0 Å². The Bertz CT molecular complexity index is 259. The maximum absolute atomic E-state index is 5.93. The van der Waals surface area contributed by atoms with Gasteiger partial charge in [-0.3, -0.25) is 4.99 Å². The molecule has 1 saturated carbocycles. The zero-order chi connectivity index (χ0) is 12.6. The van der Waals surface area contributed by atoms with E-state index in [4.69, 9.17) is 15.2 Å². The second kappa shape index (κ2) is 7.59. The zero-order valence-corrected chi connectivity index (χ0v) is 11.1. The molecular weight excluding hydrogens is 230 g/mol. The van der Waals surface area contributed by atoms with Crippen LogP contribution < -0.4 is 5.73 Å². The van der Waals surface area contributed by atoms with Gasteiger partial charge in [-0.25, -0.2) is 0 Å². The first-order chi connectivity index (χ1) is 8.86. The van der Waals surface area contributed by atoms with Crippen LogP contribution in [-0.2, 0) is 9.47 Å². The maximum Gasteiger partial charge on any atom is 0.191 e. The van der Waals surface area contributed by atoms with E-state index >= 15 is 0 Å². The largest absolute Gasteiger partial charge is 0.378 e. The number of nitrogens with zero attached hydrogens (tertiary/aromatic N) is 2. The summed E-state index contributed by atoms with van der Waals surface area (Å²) < 4.78 is 11.1. The average Bonchev–Trinajstić information content (AvgIpc) is 2.92. The molecule has 2 fully saturated rings. The van der Waals surface area contributed by atoms with Gasteiger partial charge < -0.3 is 20.1 Å². The molecule has 0 bridgehead atoms. The Morgan fingerprint density at radius 2 is 2.00 bits per heavy atom. The van der Waals surface area contributed by atoms with Gasteiger partial charge >= 0.3 is 0 Å². The summed E-state index contributed by atoms with van der Waals surface area (Å²) in [6.45, 7) is 4.78. The molecule has 2 rings (SSSR count). The van der Waals surface area contributed by atoms with Crippen LogP contribution in [0.25, 0.3) is 0 Å². The standard InChI is InChI=1S/C13H25N3O2/c14-13(16-7-10-17-11-8-16)15-6-3-9-18-12-4-1-2-5-12/h12H,1-11H2,(H2,14,15). The summed E-state index contributed by atoms with van der Waals surface area (Å²) in [6.07, 6.45) is 6.59. The van der Waals surface area contributed by atoms with Crippen LogP contribution in [0.4, 0.5) is 0 Å². The van der Waals surface area contributed by atoms with Gasteiger partial charge in [0.1, 0.15) is 0 Å². The minimum Gasteiger partial charge on any atom is -0.378 e. The molecule has 0 aromatic heterocycles. The van der Waals surface area contributed by atoms with Crippen LogP contribution >= 0.6 is 0 Å². The van der Waals surface area contributed by atoms with Gasteiger partial charge in [0.2, 0.25) is 0 Å². The molecule has 1 aliphatic heterocycles. The Morgan fingerprint density at radius 1 is 1.28 bits per heavy atom. The molecule has 0 radical (unpaired) electrons. The monoisotopic (exact) mass is 255 g/mol. The highest BCUT2D eigenvalue weighted by atomic mass is 16.5. The number of rotatable bonds is 5. The van der Waals surface area contributed by atoms with Gasteiger partial charge in [0.05, 0.1) is 19.3 Å². The van der Waals surface area contributed by atoms with Crippen molar-refractivity contribution in [3.63, 3.8) is 0 Å². The molecule has 5 heteroatoms. The van der Waals surface area contributed by atoms with Crippen molar-refractivity contribution in [1.29, 1.82) is 0 Å². The lowest BCUT2D eigenvalue weighted by Gasteiger charge is -2.27. The van der Waals surface area contributed by atoms with E-state index < -0.39 is 0 Å². The molecule has 1 heterocycles. The summed E-state index contributed by atoms with van der Waals surface area (Å²) in [5.74, 6) is 0.652. The van der Waals surface area contributed by atoms with Crippen molar-refractivity contribution in [2.45, 2.75) is 38.2 Å². The van der Waals surface area contributed by atoms with E-state index in [-0.39, 0.29) is 0 Å². The van der Waals surface area contributed by atoms with Gasteiger partial charge in [-0.2, -0.15) is 0 Å². The lowest BCUT2D eigenvalue weighted by Crippen LogP contribution is -2.44. The SMILES string of the molecule is NC(=NCCCOC1CCCC1)N1CCOCC1. The molecule has 0 aromatic rings. The fraction of sp³-hybridized carbons (Fsp3) is 0.923. The Balaban J connectivity index is 1.55. The summed E-state index contributed by atoms with van der Waals surface area (Å²) in [7, 11) is 0. The highest BCUT2D eigenvalue weighted by Gasteiger charge is 2.14. The van der Waals surface area contributed by atoms with Crippen molar-refractivity contribution in [2.24, 2.45) is 10.7 Å². The fourth-order valence-corrected chi connectivity index (χ4v) is 2.46. The molecule has 104 valence electrons. The molecular formula is C13H25N3O2. The van der Waals surface area contributed by atoms with Crippen molar-refractivity contribution < 1.29 is 9.47 Å². The molecule has 0 atom stereocenters. The lowest BCUT2D eigenvalue weighted by atomic mass is 10.3. The van der Waals surface area contributed by atoms with Crippen molar-refractivity contribution in [3.05, 3.63) is 0 Å². The number of ether oxygens (including phenoxy) is 2. The average molecular weight is 255 g/mol. The van der Waals surface area contributed by atoms with Crippen molar-refractivity contribution >= 4 is 5.96 Å². The van der Waals surface area contributed by atoms with Gasteiger partial charge in [0, 0.05) is 26.2 Å². The van der Waals surface area contributed by atoms with Crippen LogP contribution in [0.2, 0.25) is 0 Å². The number of guanidine groups is 1. The number of morpholine rings is 1. The molecule has 1 saturated heterocycles. The zero-order valence-electron chi connectivity index (χ0n) is 11.1. The third-order valence-corrected chi connectivity index (χ3v) is 3.57. The quantitative estimate of drug-likeness (QED) is 0.452. The van der Waals surface area contributed by atoms with E-state index in [1.54, 1.807) is 0 Å². The minimum atomic E-state index is 0.505. The molecule has 0 aromatic carbocycles. The van der Waals surface area contributed by atoms with E-state index in [1.165, 1.54) is 25.7 Å². The van der Waals surface area contributed by atoms with Crippen molar-refractivity contribution in [3.8, 4) is 0 Å². The summed E-state index contributed by atoms with van der Waals surface area (Å²) in [5, 5.41) is 0. The van der Waals surface area contributed by atoms with Crippen molar-refractivity contribution in [1.82, 2.24) is 4.90 Å². The first-order valence-corrected chi connectivity index (χ1v) is 7.10. The molecule has 18 heavy (non-hydrogen) atoms. The fourth-order valence-electron chi connectivity index (χ4n) is 2.46. The summed E-state index contributed by atoms with van der Waals surface area (Å²) in [5.41, 5.74) is 5.93. The molecule has 2 N–H and O–H groups in total. The van der Waals surface area contributed by atoms with Crippen LogP contribution in [0.15, 0.2) is 4.99 Å². The topological polar surface area (TPSA) is 60.1 Å². The number of nitrogens with two attached hydrogens (primary N) is 1. The molecule has 2 aliphatic rings. The van der Waals surface area contributed by atoms with Gasteiger partial charge in [-0.05, 0) is 19.3 Å². The second-order valence-corrected chi connectivity index (χ2v) is 4.97. The Labute approximate surface area is 109 Å². The van der Waals surface area contributed by atoms with Gasteiger partial charge in [0.15, 0.2) is 5.96 Å². The smallest absolute Gasteiger partial charge is 0.191 e. The Hall–Kier alpha value is -0.810. The molecule has 5 nitrogen and oxygen atoms in total. The maximum atomic E-state index is 5.93. The van der Waals surface area contributed by atoms with Crippen LogP contribution in [0.3, 0.4) is 0 Å². The molecule has 0 unspecified atom stereocenters. The van der Waals surface area contributed by atoms with E-state index in [0.717, 1.165) is 45.9 Å². The Morgan fingerprint density at radius 3 is 2.72 bits per heavy atom. The first kappa shape index (κ1) is 13.6. The molecule has 0 amide bonds. The van der Waals surface area contributed by atoms with Crippen LogP contribution in [0, 0.1) is 0 Å². The summed E-state index contributed by atoms with van der Waals surface area (Å²) in [4.78, 5) is 6.48. The van der Waals surface area contributed by atoms with E-state index in [2.05, 4.69) is 9.89 Å². The van der Waals surface area contributed by atoms with Crippen LogP contribution in [0.1, 0.15) is 32.1 Å². The van der Waals surface area contributed by atoms with Crippen LogP contribution in [-0.4, -0.2) is 56.4 Å². The van der Waals surface area contributed by atoms with E-state index in [9.17, 15) is 0 Å². The lowest BCUT2D eigenvalue weighted by molar-refractivity contribution is 0.0575. The highest BCUT2D eigenvalue weighted by Crippen LogP contribution is 2.20. The number of hydrogen-bond acceptors (Lipinski definition) is 3. The predicted octanol–water partition coefficient (Wildman–Crippen LogP) is 0.983. The first-order valence-electron chi connectivity index (χ1n) is 7.10. The van der Waals surface area contributed by atoms with E-state index in [1.807, 2.05) is 0 Å². The van der Waals surface area contributed by atoms with Gasteiger partial charge in [0.25, 0.3) is 0 Å². The molecule has 1 aliphatic carbocycles. The number of hydrogen-bond donors (Lipinski definition) is 1. The third-order valence-electron chi connectivity index (χ3n) is 3.57. The summed E-state index contributed by atoms with van der Waals surface area (Å²) in [6, 6.07) is 0. The van der Waals surface area contributed by atoms with Crippen molar-refractivity contribution in [2.75, 3.05) is 39.5 Å². The second-order valence-electron chi connectivity index (χ2n) is 4.97. The Kier molecular flexibility index (Phi) is 5.74. The third kappa shape index (κ3) is 4.46.